The van der Waals surface area contributed by atoms with Gasteiger partial charge in [0.2, 0.25) is 0 Å². The smallest absolute Gasteiger partial charge is 0.0184 e. The van der Waals surface area contributed by atoms with E-state index in [1.807, 2.05) is 24.8 Å². The van der Waals surface area contributed by atoms with Gasteiger partial charge < -0.3 is 0 Å². The Hall–Kier alpha value is -0.430. The molecule has 0 saturated carbocycles. The maximum atomic E-state index is 4.03. The summed E-state index contributed by atoms with van der Waals surface area (Å²) in [6.07, 6.45) is 6.52. The van der Waals surface area contributed by atoms with Crippen LogP contribution in [0.4, 0.5) is 0 Å². The van der Waals surface area contributed by atoms with Crippen molar-refractivity contribution in [3.8, 4) is 0 Å². The molecule has 0 atom stereocenters. The van der Waals surface area contributed by atoms with E-state index in [1.165, 1.54) is 29.7 Å². The Labute approximate surface area is 86.8 Å². The summed E-state index contributed by atoms with van der Waals surface area (Å²) in [7, 11) is 0. The maximum Gasteiger partial charge on any atom is 0.0184 e. The third-order valence-electron chi connectivity index (χ3n) is 1.86. The molecule has 0 aliphatic carbocycles. The van der Waals surface area contributed by atoms with Gasteiger partial charge in [-0.2, -0.15) is 11.8 Å². The fraction of sp³-hybridized carbons (Fsp3) is 0.500. The molecule has 74 valence electrons. The van der Waals surface area contributed by atoms with E-state index in [0.29, 0.717) is 0 Å². The molecule has 0 radical (unpaired) electrons. The first-order chi connectivity index (χ1) is 6.26. The normalized spacial score (nSPS) is 11.4. The summed E-state index contributed by atoms with van der Waals surface area (Å²) >= 11 is 1.96. The van der Waals surface area contributed by atoms with E-state index in [-0.39, 0.29) is 0 Å². The minimum atomic E-state index is 1.03. The predicted molar refractivity (Wildman–Crippen MR) is 65.3 cm³/mol. The Morgan fingerprint density at radius 1 is 1.46 bits per heavy atom. The highest BCUT2D eigenvalue weighted by molar-refractivity contribution is 7.99. The number of hydrogen-bond acceptors (Lipinski definition) is 1. The fourth-order valence-electron chi connectivity index (χ4n) is 0.991. The summed E-state index contributed by atoms with van der Waals surface area (Å²) in [4.78, 5) is 0. The summed E-state index contributed by atoms with van der Waals surface area (Å²) in [5.74, 6) is 2.27. The number of rotatable bonds is 7. The van der Waals surface area contributed by atoms with E-state index >= 15 is 0 Å². The van der Waals surface area contributed by atoms with Crippen molar-refractivity contribution in [2.24, 2.45) is 0 Å². The Kier molecular flexibility index (Phi) is 7.91. The van der Waals surface area contributed by atoms with Gasteiger partial charge in [0, 0.05) is 5.75 Å². The molecule has 0 heterocycles. The minimum Gasteiger partial charge on any atom is -0.157 e. The fourth-order valence-corrected chi connectivity index (χ4v) is 2.04. The lowest BCUT2D eigenvalue weighted by molar-refractivity contribution is 0.896. The van der Waals surface area contributed by atoms with Gasteiger partial charge in [0.05, 0.1) is 0 Å². The van der Waals surface area contributed by atoms with Crippen molar-refractivity contribution in [3.63, 3.8) is 0 Å². The summed E-state index contributed by atoms with van der Waals surface area (Å²) < 4.78 is 0. The lowest BCUT2D eigenvalue weighted by Crippen LogP contribution is -1.90. The molecule has 0 N–H and O–H groups in total. The van der Waals surface area contributed by atoms with Crippen LogP contribution < -0.4 is 0 Å². The Morgan fingerprint density at radius 3 is 2.62 bits per heavy atom. The zero-order valence-electron chi connectivity index (χ0n) is 8.81. The second-order valence-electron chi connectivity index (χ2n) is 2.96. The van der Waals surface area contributed by atoms with Crippen molar-refractivity contribution in [2.45, 2.75) is 26.7 Å². The van der Waals surface area contributed by atoms with Crippen LogP contribution in [0.2, 0.25) is 0 Å². The van der Waals surface area contributed by atoms with Crippen molar-refractivity contribution in [2.75, 3.05) is 11.5 Å². The molecular weight excluding hydrogens is 176 g/mol. The molecule has 0 unspecified atom stereocenters. The van der Waals surface area contributed by atoms with E-state index < -0.39 is 0 Å². The summed E-state index contributed by atoms with van der Waals surface area (Å²) in [5, 5.41) is 0. The highest BCUT2D eigenvalue weighted by Gasteiger charge is 1.97. The zero-order valence-corrected chi connectivity index (χ0v) is 9.62. The first-order valence-corrected chi connectivity index (χ1v) is 5.96. The van der Waals surface area contributed by atoms with Crippen LogP contribution in [0, 0.1) is 0 Å². The lowest BCUT2D eigenvalue weighted by atomic mass is 10.1. The van der Waals surface area contributed by atoms with Gasteiger partial charge >= 0.3 is 0 Å². The molecule has 0 aliphatic heterocycles. The van der Waals surface area contributed by atoms with E-state index in [1.54, 1.807) is 0 Å². The molecule has 0 nitrogen and oxygen atoms in total. The van der Waals surface area contributed by atoms with Gasteiger partial charge in [0.15, 0.2) is 0 Å². The van der Waals surface area contributed by atoms with Crippen molar-refractivity contribution < 1.29 is 0 Å². The Morgan fingerprint density at radius 2 is 2.15 bits per heavy atom. The van der Waals surface area contributed by atoms with Crippen LogP contribution in [-0.2, 0) is 0 Å². The number of hydrogen-bond donors (Lipinski definition) is 0. The first-order valence-electron chi connectivity index (χ1n) is 4.80. The zero-order chi connectivity index (χ0) is 10.1. The topological polar surface area (TPSA) is 0 Å². The average Bonchev–Trinajstić information content (AvgIpc) is 2.14. The van der Waals surface area contributed by atoms with Crippen LogP contribution in [0.15, 0.2) is 36.5 Å². The predicted octanol–water partition coefficient (Wildman–Crippen LogP) is 4.21. The van der Waals surface area contributed by atoms with Crippen LogP contribution >= 0.6 is 11.8 Å². The minimum absolute atomic E-state index is 1.03. The molecule has 0 spiro atoms. The number of allylic oxidation sites excluding steroid dienone is 3. The van der Waals surface area contributed by atoms with Crippen LogP contribution in [0.5, 0.6) is 0 Å². The van der Waals surface area contributed by atoms with Gasteiger partial charge in [0.25, 0.3) is 0 Å². The molecule has 0 saturated heterocycles. The van der Waals surface area contributed by atoms with E-state index in [4.69, 9.17) is 0 Å². The van der Waals surface area contributed by atoms with Crippen LogP contribution in [-0.4, -0.2) is 11.5 Å². The quantitative estimate of drug-likeness (QED) is 0.434. The molecule has 0 rings (SSSR count). The van der Waals surface area contributed by atoms with Gasteiger partial charge in [-0.3, -0.25) is 0 Å². The molecule has 0 bridgehead atoms. The highest BCUT2D eigenvalue weighted by atomic mass is 32.2. The van der Waals surface area contributed by atoms with E-state index in [9.17, 15) is 0 Å². The van der Waals surface area contributed by atoms with Crippen molar-refractivity contribution in [1.82, 2.24) is 0 Å². The van der Waals surface area contributed by atoms with E-state index in [0.717, 1.165) is 5.75 Å². The highest BCUT2D eigenvalue weighted by Crippen LogP contribution is 2.16. The molecule has 0 aromatic heterocycles. The van der Waals surface area contributed by atoms with Gasteiger partial charge in [0.1, 0.15) is 0 Å². The Bertz CT molecular complexity index is 189. The monoisotopic (exact) mass is 196 g/mol. The van der Waals surface area contributed by atoms with Gasteiger partial charge in [-0.1, -0.05) is 38.7 Å². The molecule has 0 aliphatic rings. The van der Waals surface area contributed by atoms with Crippen LogP contribution in [0.1, 0.15) is 26.7 Å². The molecule has 0 amide bonds. The van der Waals surface area contributed by atoms with Gasteiger partial charge in [-0.25, -0.2) is 0 Å². The van der Waals surface area contributed by atoms with E-state index in [2.05, 4.69) is 26.2 Å². The van der Waals surface area contributed by atoms with Crippen LogP contribution in [0.3, 0.4) is 0 Å². The Balaban J connectivity index is 3.68. The lowest BCUT2D eigenvalue weighted by Gasteiger charge is -2.05. The maximum absolute atomic E-state index is 4.03. The van der Waals surface area contributed by atoms with Crippen molar-refractivity contribution in [1.29, 1.82) is 0 Å². The van der Waals surface area contributed by atoms with Crippen molar-refractivity contribution in [3.05, 3.63) is 36.5 Å². The summed E-state index contributed by atoms with van der Waals surface area (Å²) in [5.41, 5.74) is 2.38. The second kappa shape index (κ2) is 8.18. The summed E-state index contributed by atoms with van der Waals surface area (Å²) in [6.45, 7) is 12.0. The summed E-state index contributed by atoms with van der Waals surface area (Å²) in [6, 6.07) is 0. The van der Waals surface area contributed by atoms with Gasteiger partial charge in [-0.05, 0) is 30.2 Å². The third kappa shape index (κ3) is 5.75. The molecule has 13 heavy (non-hydrogen) atoms. The standard InChI is InChI=1S/C12H20S/c1-5-8-9-13-10-11(4)12(6-2)7-3/h6-7H,2,4-5,8-10H2,1,3H3/b12-7+. The number of thioether (sulfide) groups is 1. The SMILES string of the molecule is C=C/C(=C\C)C(=C)CSCCCC. The average molecular weight is 196 g/mol. The molecule has 0 fully saturated rings. The molecule has 1 heteroatoms. The first kappa shape index (κ1) is 12.6. The molecule has 0 aromatic carbocycles. The third-order valence-corrected chi connectivity index (χ3v) is 2.99. The van der Waals surface area contributed by atoms with Gasteiger partial charge in [-0.15, -0.1) is 0 Å². The van der Waals surface area contributed by atoms with Crippen molar-refractivity contribution >= 4 is 11.8 Å². The number of unbranched alkanes of at least 4 members (excludes halogenated alkanes) is 1. The second-order valence-corrected chi connectivity index (χ2v) is 4.06. The molecular formula is C12H20S. The largest absolute Gasteiger partial charge is 0.157 e. The van der Waals surface area contributed by atoms with Crippen LogP contribution in [0.25, 0.3) is 0 Å². The molecule has 0 aromatic rings.